The lowest BCUT2D eigenvalue weighted by Crippen LogP contribution is -2.50. The number of ether oxygens (including phenoxy) is 1. The fraction of sp³-hybridized carbons (Fsp3) is 0.364. The Bertz CT molecular complexity index is 987. The number of hydrogen-bond donors (Lipinski definition) is 3. The summed E-state index contributed by atoms with van der Waals surface area (Å²) in [6.07, 6.45) is 1.50. The summed E-state index contributed by atoms with van der Waals surface area (Å²) in [6, 6.07) is 10.5. The number of hydrogen-bond acceptors (Lipinski definition) is 3. The molecule has 136 valence electrons. The lowest BCUT2D eigenvalue weighted by atomic mass is 9.77. The average Bonchev–Trinajstić information content (AvgIpc) is 3.08. The number of aromatic nitrogens is 1. The first-order valence-corrected chi connectivity index (χ1v) is 9.08. The maximum absolute atomic E-state index is 10.8. The van der Waals surface area contributed by atoms with Crippen molar-refractivity contribution in [3.8, 4) is 16.9 Å². The number of aryl methyl sites for hydroxylation is 1. The van der Waals surface area contributed by atoms with Crippen molar-refractivity contribution in [1.29, 1.82) is 0 Å². The number of aromatic amines is 1. The third-order valence-corrected chi connectivity index (χ3v) is 5.72. The monoisotopic (exact) mass is 350 g/mol. The van der Waals surface area contributed by atoms with Gasteiger partial charge in [-0.15, -0.1) is 0 Å². The molecule has 4 nitrogen and oxygen atoms in total. The Morgan fingerprint density at radius 3 is 2.65 bits per heavy atom. The van der Waals surface area contributed by atoms with Gasteiger partial charge in [-0.3, -0.25) is 0 Å². The van der Waals surface area contributed by atoms with E-state index in [4.69, 9.17) is 4.74 Å². The first-order chi connectivity index (χ1) is 12.3. The van der Waals surface area contributed by atoms with Crippen LogP contribution in [0, 0.1) is 6.92 Å². The van der Waals surface area contributed by atoms with Gasteiger partial charge in [-0.2, -0.15) is 0 Å². The second kappa shape index (κ2) is 5.78. The maximum Gasteiger partial charge on any atom is 0.128 e. The van der Waals surface area contributed by atoms with E-state index in [1.165, 1.54) is 5.56 Å². The van der Waals surface area contributed by atoms with Crippen LogP contribution in [-0.4, -0.2) is 28.8 Å². The molecule has 4 heteroatoms. The van der Waals surface area contributed by atoms with Crippen molar-refractivity contribution in [2.45, 2.75) is 45.3 Å². The lowest BCUT2D eigenvalue weighted by molar-refractivity contribution is 0.0869. The smallest absolute Gasteiger partial charge is 0.128 e. The van der Waals surface area contributed by atoms with Crippen LogP contribution in [0.4, 0.5) is 5.69 Å². The molecule has 2 aromatic carbocycles. The normalized spacial score (nSPS) is 21.3. The molecule has 1 aromatic heterocycles. The second-order valence-corrected chi connectivity index (χ2v) is 7.92. The molecule has 2 atom stereocenters. The summed E-state index contributed by atoms with van der Waals surface area (Å²) in [4.78, 5) is 3.35. The van der Waals surface area contributed by atoms with Crippen LogP contribution in [0.25, 0.3) is 22.0 Å². The van der Waals surface area contributed by atoms with Crippen LogP contribution in [0.3, 0.4) is 0 Å². The number of rotatable bonds is 2. The zero-order valence-corrected chi connectivity index (χ0v) is 16.0. The highest BCUT2D eigenvalue weighted by Crippen LogP contribution is 2.45. The van der Waals surface area contributed by atoms with Crippen LogP contribution in [-0.2, 0) is 0 Å². The van der Waals surface area contributed by atoms with E-state index in [9.17, 15) is 5.11 Å². The third-order valence-electron chi connectivity index (χ3n) is 5.72. The van der Waals surface area contributed by atoms with Crippen molar-refractivity contribution in [1.82, 2.24) is 4.98 Å². The first kappa shape index (κ1) is 17.0. The van der Waals surface area contributed by atoms with Gasteiger partial charge in [0.15, 0.2) is 0 Å². The predicted molar refractivity (Wildman–Crippen MR) is 107 cm³/mol. The molecule has 2 heterocycles. The van der Waals surface area contributed by atoms with E-state index in [0.717, 1.165) is 39.0 Å². The summed E-state index contributed by atoms with van der Waals surface area (Å²) in [5.74, 6) is 0.894. The van der Waals surface area contributed by atoms with Gasteiger partial charge >= 0.3 is 0 Å². The van der Waals surface area contributed by atoms with Crippen LogP contribution in [0.5, 0.6) is 5.75 Å². The number of anilines is 1. The molecular formula is C22H26N2O2. The standard InChI is InChI=1S/C22H26N2O2/c1-12-10-15(11-16-13(2)21(25)22(3,4)24-19(12)16)18-17(26-5)7-6-14-8-9-23-20(14)18/h6-11,13,21,23-25H,1-5H3/t13-,21+/m0/s1. The van der Waals surface area contributed by atoms with Gasteiger partial charge in [0.05, 0.1) is 24.3 Å². The van der Waals surface area contributed by atoms with Gasteiger partial charge in [0.2, 0.25) is 0 Å². The molecule has 0 aliphatic carbocycles. The van der Waals surface area contributed by atoms with Crippen LogP contribution in [0.1, 0.15) is 37.8 Å². The number of nitrogens with one attached hydrogen (secondary N) is 2. The highest BCUT2D eigenvalue weighted by atomic mass is 16.5. The highest BCUT2D eigenvalue weighted by Gasteiger charge is 2.39. The molecule has 1 aliphatic rings. The molecule has 0 saturated carbocycles. The van der Waals surface area contributed by atoms with Gasteiger partial charge in [-0.05, 0) is 67.8 Å². The minimum atomic E-state index is -0.451. The summed E-state index contributed by atoms with van der Waals surface area (Å²) >= 11 is 0. The number of aliphatic hydroxyl groups is 1. The van der Waals surface area contributed by atoms with E-state index >= 15 is 0 Å². The van der Waals surface area contributed by atoms with Crippen molar-refractivity contribution < 1.29 is 9.84 Å². The summed E-state index contributed by atoms with van der Waals surface area (Å²) in [5, 5.41) is 15.4. The van der Waals surface area contributed by atoms with Gasteiger partial charge in [0.25, 0.3) is 0 Å². The molecule has 0 spiro atoms. The topological polar surface area (TPSA) is 57.3 Å². The highest BCUT2D eigenvalue weighted by molar-refractivity contribution is 5.98. The molecular weight excluding hydrogens is 324 g/mol. The molecule has 0 unspecified atom stereocenters. The molecule has 0 bridgehead atoms. The molecule has 3 aromatic rings. The Hall–Kier alpha value is -2.46. The minimum absolute atomic E-state index is 0.0498. The quantitative estimate of drug-likeness (QED) is 0.621. The fourth-order valence-corrected chi connectivity index (χ4v) is 4.25. The number of fused-ring (bicyclic) bond motifs is 2. The summed E-state index contributed by atoms with van der Waals surface area (Å²) in [5.41, 5.74) is 6.34. The number of methoxy groups -OCH3 is 1. The Balaban J connectivity index is 1.97. The van der Waals surface area contributed by atoms with E-state index in [2.05, 4.69) is 48.4 Å². The first-order valence-electron chi connectivity index (χ1n) is 9.08. The number of benzene rings is 2. The summed E-state index contributed by atoms with van der Waals surface area (Å²) < 4.78 is 5.66. The largest absolute Gasteiger partial charge is 0.496 e. The Morgan fingerprint density at radius 2 is 1.92 bits per heavy atom. The van der Waals surface area contributed by atoms with Gasteiger partial charge in [-0.25, -0.2) is 0 Å². The lowest BCUT2D eigenvalue weighted by Gasteiger charge is -2.43. The van der Waals surface area contributed by atoms with Crippen LogP contribution in [0.15, 0.2) is 36.5 Å². The Labute approximate surface area is 154 Å². The zero-order chi connectivity index (χ0) is 18.6. The Kier molecular flexibility index (Phi) is 3.77. The van der Waals surface area contributed by atoms with Gasteiger partial charge in [0.1, 0.15) is 5.75 Å². The molecule has 0 radical (unpaired) electrons. The number of aliphatic hydroxyl groups excluding tert-OH is 1. The maximum atomic E-state index is 10.8. The molecule has 0 saturated heterocycles. The average molecular weight is 350 g/mol. The van der Waals surface area contributed by atoms with E-state index in [1.807, 2.05) is 26.1 Å². The van der Waals surface area contributed by atoms with E-state index < -0.39 is 6.10 Å². The van der Waals surface area contributed by atoms with E-state index in [0.29, 0.717) is 0 Å². The zero-order valence-electron chi connectivity index (χ0n) is 16.0. The van der Waals surface area contributed by atoms with E-state index in [1.54, 1.807) is 7.11 Å². The van der Waals surface area contributed by atoms with Crippen molar-refractivity contribution in [3.63, 3.8) is 0 Å². The van der Waals surface area contributed by atoms with Crippen molar-refractivity contribution in [2.75, 3.05) is 12.4 Å². The fourth-order valence-electron chi connectivity index (χ4n) is 4.25. The molecule has 0 amide bonds. The summed E-state index contributed by atoms with van der Waals surface area (Å²) in [7, 11) is 1.70. The molecule has 26 heavy (non-hydrogen) atoms. The van der Waals surface area contributed by atoms with Gasteiger partial charge < -0.3 is 20.1 Å². The third kappa shape index (κ3) is 2.40. The predicted octanol–water partition coefficient (Wildman–Crippen LogP) is 4.82. The van der Waals surface area contributed by atoms with Gasteiger partial charge in [0, 0.05) is 28.8 Å². The molecule has 1 aliphatic heterocycles. The second-order valence-electron chi connectivity index (χ2n) is 7.92. The molecule has 4 rings (SSSR count). The van der Waals surface area contributed by atoms with Crippen molar-refractivity contribution in [3.05, 3.63) is 47.7 Å². The Morgan fingerprint density at radius 1 is 1.15 bits per heavy atom. The SMILES string of the molecule is COc1ccc2cc[nH]c2c1-c1cc(C)c2c(c1)[C@H](C)[C@@H](O)C(C)(C)N2. The van der Waals surface area contributed by atoms with E-state index in [-0.39, 0.29) is 11.5 Å². The minimum Gasteiger partial charge on any atom is -0.496 e. The van der Waals surface area contributed by atoms with Gasteiger partial charge in [-0.1, -0.05) is 6.92 Å². The van der Waals surface area contributed by atoms with Crippen molar-refractivity contribution >= 4 is 16.6 Å². The molecule has 3 N–H and O–H groups in total. The summed E-state index contributed by atoms with van der Waals surface area (Å²) in [6.45, 7) is 8.32. The molecule has 0 fully saturated rings. The van der Waals surface area contributed by atoms with Crippen LogP contribution >= 0.6 is 0 Å². The van der Waals surface area contributed by atoms with Crippen molar-refractivity contribution in [2.24, 2.45) is 0 Å². The number of H-pyrrole nitrogens is 1. The van der Waals surface area contributed by atoms with Crippen LogP contribution < -0.4 is 10.1 Å². The van der Waals surface area contributed by atoms with Crippen LogP contribution in [0.2, 0.25) is 0 Å².